The minimum absolute atomic E-state index is 0.179. The zero-order chi connectivity index (χ0) is 12.4. The molecule has 1 saturated heterocycles. The van der Waals surface area contributed by atoms with Crippen molar-refractivity contribution in [2.75, 3.05) is 6.54 Å². The highest BCUT2D eigenvalue weighted by atomic mass is 19.1. The lowest BCUT2D eigenvalue weighted by atomic mass is 9.91. The van der Waals surface area contributed by atoms with Crippen LogP contribution in [0.5, 0.6) is 0 Å². The number of amides is 1. The van der Waals surface area contributed by atoms with Crippen LogP contribution < -0.4 is 0 Å². The monoisotopic (exact) mass is 235 g/mol. The van der Waals surface area contributed by atoms with E-state index in [1.54, 1.807) is 23.1 Å². The smallest absolute Gasteiger partial charge is 0.257 e. The van der Waals surface area contributed by atoms with Crippen LogP contribution in [0.25, 0.3) is 0 Å². The van der Waals surface area contributed by atoms with Crippen LogP contribution in [0.1, 0.15) is 37.0 Å². The first-order chi connectivity index (χ1) is 8.11. The Bertz CT molecular complexity index is 418. The van der Waals surface area contributed by atoms with Gasteiger partial charge in [0.15, 0.2) is 0 Å². The second kappa shape index (κ2) is 4.86. The van der Waals surface area contributed by atoms with Crippen molar-refractivity contribution in [1.82, 2.24) is 4.90 Å². The molecule has 3 heteroatoms. The topological polar surface area (TPSA) is 20.3 Å². The second-order valence-electron chi connectivity index (χ2n) is 4.84. The first-order valence-electron chi connectivity index (χ1n) is 6.16. The zero-order valence-electron chi connectivity index (χ0n) is 10.3. The molecule has 1 aromatic carbocycles. The van der Waals surface area contributed by atoms with E-state index in [-0.39, 0.29) is 17.5 Å². The summed E-state index contributed by atoms with van der Waals surface area (Å²) in [4.78, 5) is 14.1. The molecule has 0 saturated carbocycles. The molecule has 1 aliphatic rings. The average Bonchev–Trinajstić information content (AvgIpc) is 2.32. The third-order valence-corrected chi connectivity index (χ3v) is 3.74. The van der Waals surface area contributed by atoms with Crippen molar-refractivity contribution in [3.63, 3.8) is 0 Å². The molecule has 0 spiro atoms. The third-order valence-electron chi connectivity index (χ3n) is 3.74. The number of benzene rings is 1. The van der Waals surface area contributed by atoms with Crippen LogP contribution in [0.15, 0.2) is 24.3 Å². The van der Waals surface area contributed by atoms with Crippen LogP contribution in [0.2, 0.25) is 0 Å². The maximum absolute atomic E-state index is 13.6. The molecule has 0 bridgehead atoms. The van der Waals surface area contributed by atoms with Gasteiger partial charge in [-0.05, 0) is 37.8 Å². The van der Waals surface area contributed by atoms with Crippen molar-refractivity contribution < 1.29 is 9.18 Å². The van der Waals surface area contributed by atoms with Gasteiger partial charge < -0.3 is 4.90 Å². The average molecular weight is 235 g/mol. The molecule has 2 atom stereocenters. The number of carbonyl (C=O) groups is 1. The minimum atomic E-state index is -0.428. The van der Waals surface area contributed by atoms with Crippen molar-refractivity contribution in [3.8, 4) is 0 Å². The fraction of sp³-hybridized carbons (Fsp3) is 0.500. The van der Waals surface area contributed by atoms with Crippen LogP contribution in [0, 0.1) is 11.7 Å². The van der Waals surface area contributed by atoms with E-state index >= 15 is 0 Å². The first kappa shape index (κ1) is 12.1. The summed E-state index contributed by atoms with van der Waals surface area (Å²) in [5.41, 5.74) is 0.188. The molecule has 1 fully saturated rings. The number of hydrogen-bond donors (Lipinski definition) is 0. The van der Waals surface area contributed by atoms with Gasteiger partial charge in [-0.1, -0.05) is 19.1 Å². The van der Waals surface area contributed by atoms with Gasteiger partial charge >= 0.3 is 0 Å². The molecule has 0 radical (unpaired) electrons. The molecule has 0 aliphatic carbocycles. The number of rotatable bonds is 1. The van der Waals surface area contributed by atoms with E-state index in [2.05, 4.69) is 6.92 Å². The van der Waals surface area contributed by atoms with Gasteiger partial charge in [0.05, 0.1) is 5.56 Å². The van der Waals surface area contributed by atoms with Crippen molar-refractivity contribution >= 4 is 5.91 Å². The predicted octanol–water partition coefficient (Wildman–Crippen LogP) is 3.09. The lowest BCUT2D eigenvalue weighted by Gasteiger charge is -2.38. The van der Waals surface area contributed by atoms with Crippen molar-refractivity contribution in [3.05, 3.63) is 35.6 Å². The molecule has 1 heterocycles. The molecule has 2 nitrogen and oxygen atoms in total. The van der Waals surface area contributed by atoms with E-state index < -0.39 is 5.82 Å². The fourth-order valence-electron chi connectivity index (χ4n) is 2.41. The van der Waals surface area contributed by atoms with E-state index in [0.29, 0.717) is 5.92 Å². The summed E-state index contributed by atoms with van der Waals surface area (Å²) in [6.07, 6.45) is 2.15. The molecule has 2 unspecified atom stereocenters. The highest BCUT2D eigenvalue weighted by Crippen LogP contribution is 2.25. The molecular weight excluding hydrogens is 217 g/mol. The van der Waals surface area contributed by atoms with E-state index in [1.807, 2.05) is 6.92 Å². The van der Waals surface area contributed by atoms with Crippen molar-refractivity contribution in [2.24, 2.45) is 5.92 Å². The largest absolute Gasteiger partial charge is 0.336 e. The number of piperidine rings is 1. The normalized spacial score (nSPS) is 24.8. The van der Waals surface area contributed by atoms with Gasteiger partial charge in [-0.2, -0.15) is 0 Å². The van der Waals surface area contributed by atoms with Crippen LogP contribution in [-0.4, -0.2) is 23.4 Å². The van der Waals surface area contributed by atoms with Crippen molar-refractivity contribution in [2.45, 2.75) is 32.7 Å². The Morgan fingerprint density at radius 3 is 2.76 bits per heavy atom. The lowest BCUT2D eigenvalue weighted by Crippen LogP contribution is -2.46. The Morgan fingerprint density at radius 2 is 2.06 bits per heavy atom. The van der Waals surface area contributed by atoms with E-state index in [0.717, 1.165) is 19.4 Å². The summed E-state index contributed by atoms with van der Waals surface area (Å²) < 4.78 is 13.6. The van der Waals surface area contributed by atoms with E-state index in [4.69, 9.17) is 0 Å². The van der Waals surface area contributed by atoms with Gasteiger partial charge in [-0.15, -0.1) is 0 Å². The Morgan fingerprint density at radius 1 is 1.35 bits per heavy atom. The maximum Gasteiger partial charge on any atom is 0.257 e. The summed E-state index contributed by atoms with van der Waals surface area (Å²) in [6.45, 7) is 4.92. The highest BCUT2D eigenvalue weighted by molar-refractivity contribution is 5.94. The summed E-state index contributed by atoms with van der Waals surface area (Å²) in [6, 6.07) is 6.40. The SMILES string of the molecule is CC1CCCN(C(=O)c2ccccc2F)C1C. The minimum Gasteiger partial charge on any atom is -0.336 e. The third kappa shape index (κ3) is 2.33. The number of likely N-dealkylation sites (tertiary alicyclic amines) is 1. The standard InChI is InChI=1S/C14H18FNO/c1-10-6-5-9-16(11(10)2)14(17)12-7-3-4-8-13(12)15/h3-4,7-8,10-11H,5-6,9H2,1-2H3. The van der Waals surface area contributed by atoms with Crippen LogP contribution in [0.3, 0.4) is 0 Å². The molecule has 2 rings (SSSR count). The second-order valence-corrected chi connectivity index (χ2v) is 4.84. The van der Waals surface area contributed by atoms with E-state index in [9.17, 15) is 9.18 Å². The number of hydrogen-bond acceptors (Lipinski definition) is 1. The molecule has 92 valence electrons. The molecule has 17 heavy (non-hydrogen) atoms. The first-order valence-corrected chi connectivity index (χ1v) is 6.16. The van der Waals surface area contributed by atoms with Gasteiger partial charge in [0.25, 0.3) is 5.91 Å². The summed E-state index contributed by atoms with van der Waals surface area (Å²) in [5, 5.41) is 0. The van der Waals surface area contributed by atoms with E-state index in [1.165, 1.54) is 6.07 Å². The summed E-state index contributed by atoms with van der Waals surface area (Å²) >= 11 is 0. The summed E-state index contributed by atoms with van der Waals surface area (Å²) in [7, 11) is 0. The number of carbonyl (C=O) groups excluding carboxylic acids is 1. The quantitative estimate of drug-likeness (QED) is 0.732. The zero-order valence-corrected chi connectivity index (χ0v) is 10.3. The molecule has 1 aromatic rings. The van der Waals surface area contributed by atoms with Crippen molar-refractivity contribution in [1.29, 1.82) is 0 Å². The Kier molecular flexibility index (Phi) is 3.46. The maximum atomic E-state index is 13.6. The Hall–Kier alpha value is -1.38. The van der Waals surface area contributed by atoms with Gasteiger partial charge in [0.2, 0.25) is 0 Å². The molecule has 1 aliphatic heterocycles. The highest BCUT2D eigenvalue weighted by Gasteiger charge is 2.29. The Labute approximate surface area is 101 Å². The number of nitrogens with zero attached hydrogens (tertiary/aromatic N) is 1. The predicted molar refractivity (Wildman–Crippen MR) is 65.3 cm³/mol. The van der Waals surface area contributed by atoms with Gasteiger partial charge in [0, 0.05) is 12.6 Å². The van der Waals surface area contributed by atoms with Gasteiger partial charge in [-0.25, -0.2) is 4.39 Å². The number of halogens is 1. The molecular formula is C14H18FNO. The van der Waals surface area contributed by atoms with Crippen LogP contribution in [-0.2, 0) is 0 Å². The lowest BCUT2D eigenvalue weighted by molar-refractivity contribution is 0.0546. The summed E-state index contributed by atoms with van der Waals surface area (Å²) in [5.74, 6) is -0.121. The molecule has 0 aromatic heterocycles. The fourth-order valence-corrected chi connectivity index (χ4v) is 2.41. The molecule has 1 amide bonds. The van der Waals surface area contributed by atoms with Gasteiger partial charge in [0.1, 0.15) is 5.82 Å². The van der Waals surface area contributed by atoms with Crippen LogP contribution in [0.4, 0.5) is 4.39 Å². The van der Waals surface area contributed by atoms with Crippen LogP contribution >= 0.6 is 0 Å². The van der Waals surface area contributed by atoms with Gasteiger partial charge in [-0.3, -0.25) is 4.79 Å². The molecule has 0 N–H and O–H groups in total. The Balaban J connectivity index is 2.23.